The van der Waals surface area contributed by atoms with E-state index >= 15 is 0 Å². The molecule has 0 aromatic carbocycles. The van der Waals surface area contributed by atoms with E-state index < -0.39 is 0 Å². The molecular weight excluding hydrogens is 224 g/mol. The van der Waals surface area contributed by atoms with Gasteiger partial charge in [-0.15, -0.1) is 0 Å². The predicted molar refractivity (Wildman–Crippen MR) is 74.4 cm³/mol. The van der Waals surface area contributed by atoms with Crippen molar-refractivity contribution in [1.29, 1.82) is 0 Å². The Morgan fingerprint density at radius 2 is 1.89 bits per heavy atom. The molecule has 3 heteroatoms. The van der Waals surface area contributed by atoms with E-state index in [2.05, 4.69) is 24.1 Å². The van der Waals surface area contributed by atoms with Crippen LogP contribution in [0.5, 0.6) is 0 Å². The number of carbonyl (C=O) groups is 1. The van der Waals surface area contributed by atoms with Crippen molar-refractivity contribution in [2.75, 3.05) is 13.6 Å². The summed E-state index contributed by atoms with van der Waals surface area (Å²) in [6, 6.07) is 0.973. The molecule has 1 heterocycles. The van der Waals surface area contributed by atoms with Gasteiger partial charge in [-0.1, -0.05) is 19.8 Å². The smallest absolute Gasteiger partial charge is 0.225 e. The first-order valence-corrected chi connectivity index (χ1v) is 7.59. The summed E-state index contributed by atoms with van der Waals surface area (Å²) in [6.07, 6.45) is 7.12. The van der Waals surface area contributed by atoms with Crippen molar-refractivity contribution in [3.63, 3.8) is 0 Å². The maximum absolute atomic E-state index is 12.6. The molecule has 0 spiro atoms. The van der Waals surface area contributed by atoms with Crippen LogP contribution in [0.15, 0.2) is 0 Å². The number of nitrogens with zero attached hydrogens (tertiary/aromatic N) is 1. The second kappa shape index (κ2) is 6.05. The minimum absolute atomic E-state index is 0.250. The Bertz CT molecular complexity index is 292. The molecule has 1 aliphatic carbocycles. The second-order valence-corrected chi connectivity index (χ2v) is 6.35. The van der Waals surface area contributed by atoms with Crippen molar-refractivity contribution in [2.24, 2.45) is 11.8 Å². The Balaban J connectivity index is 1.94. The molecule has 1 N–H and O–H groups in total. The number of piperidine rings is 1. The van der Waals surface area contributed by atoms with Crippen molar-refractivity contribution in [3.05, 3.63) is 0 Å². The Hall–Kier alpha value is -0.570. The van der Waals surface area contributed by atoms with E-state index in [0.717, 1.165) is 19.4 Å². The molecule has 0 bridgehead atoms. The SMILES string of the molecule is CC1CC(C(=O)N(C)C2CCCCC2C)CCN1. The highest BCUT2D eigenvalue weighted by Gasteiger charge is 2.33. The van der Waals surface area contributed by atoms with Crippen molar-refractivity contribution in [1.82, 2.24) is 10.2 Å². The molecule has 2 fully saturated rings. The number of rotatable bonds is 2. The molecule has 0 radical (unpaired) electrons. The fourth-order valence-corrected chi connectivity index (χ4v) is 3.68. The minimum Gasteiger partial charge on any atom is -0.342 e. The molecule has 1 amide bonds. The molecule has 18 heavy (non-hydrogen) atoms. The second-order valence-electron chi connectivity index (χ2n) is 6.35. The van der Waals surface area contributed by atoms with Gasteiger partial charge in [0.1, 0.15) is 0 Å². The Morgan fingerprint density at radius 1 is 1.17 bits per heavy atom. The zero-order chi connectivity index (χ0) is 13.1. The highest BCUT2D eigenvalue weighted by Crippen LogP contribution is 2.29. The first-order chi connectivity index (χ1) is 8.59. The summed E-state index contributed by atoms with van der Waals surface area (Å²) in [5.74, 6) is 1.31. The topological polar surface area (TPSA) is 32.3 Å². The highest BCUT2D eigenvalue weighted by atomic mass is 16.2. The monoisotopic (exact) mass is 252 g/mol. The van der Waals surface area contributed by atoms with E-state index in [4.69, 9.17) is 0 Å². The first kappa shape index (κ1) is 13.9. The van der Waals surface area contributed by atoms with Gasteiger partial charge in [0.05, 0.1) is 0 Å². The average Bonchev–Trinajstić information content (AvgIpc) is 2.37. The van der Waals surface area contributed by atoms with E-state index in [1.54, 1.807) is 0 Å². The van der Waals surface area contributed by atoms with Crippen LogP contribution in [-0.2, 0) is 4.79 Å². The average molecular weight is 252 g/mol. The van der Waals surface area contributed by atoms with Gasteiger partial charge >= 0.3 is 0 Å². The van der Waals surface area contributed by atoms with Gasteiger partial charge in [-0.3, -0.25) is 4.79 Å². The number of carbonyl (C=O) groups excluding carboxylic acids is 1. The molecule has 1 saturated heterocycles. The minimum atomic E-state index is 0.250. The molecular formula is C15H28N2O. The van der Waals surface area contributed by atoms with Gasteiger partial charge in [0.2, 0.25) is 5.91 Å². The molecule has 2 aliphatic rings. The lowest BCUT2D eigenvalue weighted by Gasteiger charge is -2.39. The van der Waals surface area contributed by atoms with E-state index in [1.807, 2.05) is 7.05 Å². The van der Waals surface area contributed by atoms with Crippen LogP contribution in [0, 0.1) is 11.8 Å². The quantitative estimate of drug-likeness (QED) is 0.818. The van der Waals surface area contributed by atoms with Gasteiger partial charge in [0.25, 0.3) is 0 Å². The van der Waals surface area contributed by atoms with Gasteiger partial charge in [-0.05, 0) is 45.1 Å². The van der Waals surface area contributed by atoms with Crippen molar-refractivity contribution in [3.8, 4) is 0 Å². The number of amides is 1. The van der Waals surface area contributed by atoms with Crippen LogP contribution in [-0.4, -0.2) is 36.5 Å². The summed E-state index contributed by atoms with van der Waals surface area (Å²) >= 11 is 0. The molecule has 2 rings (SSSR count). The van der Waals surface area contributed by atoms with Gasteiger partial charge in [-0.2, -0.15) is 0 Å². The van der Waals surface area contributed by atoms with Crippen LogP contribution in [0.25, 0.3) is 0 Å². The van der Waals surface area contributed by atoms with Crippen molar-refractivity contribution in [2.45, 2.75) is 64.5 Å². The fraction of sp³-hybridized carbons (Fsp3) is 0.933. The highest BCUT2D eigenvalue weighted by molar-refractivity contribution is 5.79. The lowest BCUT2D eigenvalue weighted by molar-refractivity contribution is -0.139. The summed E-state index contributed by atoms with van der Waals surface area (Å²) in [5, 5.41) is 3.42. The van der Waals surface area contributed by atoms with Crippen LogP contribution in [0.3, 0.4) is 0 Å². The third-order valence-electron chi connectivity index (χ3n) is 4.88. The van der Waals surface area contributed by atoms with Crippen LogP contribution in [0.1, 0.15) is 52.4 Å². The van der Waals surface area contributed by atoms with Gasteiger partial charge < -0.3 is 10.2 Å². The first-order valence-electron chi connectivity index (χ1n) is 7.59. The van der Waals surface area contributed by atoms with Crippen molar-refractivity contribution >= 4 is 5.91 Å². The van der Waals surface area contributed by atoms with E-state index in [1.165, 1.54) is 25.7 Å². The van der Waals surface area contributed by atoms with E-state index in [9.17, 15) is 4.79 Å². The van der Waals surface area contributed by atoms with E-state index in [-0.39, 0.29) is 5.92 Å². The summed E-state index contributed by atoms with van der Waals surface area (Å²) in [6.45, 7) is 5.48. The van der Waals surface area contributed by atoms with Crippen LogP contribution in [0.4, 0.5) is 0 Å². The molecule has 1 saturated carbocycles. The maximum Gasteiger partial charge on any atom is 0.225 e. The third kappa shape index (κ3) is 3.05. The summed E-state index contributed by atoms with van der Waals surface area (Å²) in [4.78, 5) is 14.7. The summed E-state index contributed by atoms with van der Waals surface area (Å²) in [5.41, 5.74) is 0. The number of hydrogen-bond acceptors (Lipinski definition) is 2. The van der Waals surface area contributed by atoms with E-state index in [0.29, 0.717) is 23.9 Å². The molecule has 0 aromatic heterocycles. The van der Waals surface area contributed by atoms with Crippen LogP contribution in [0.2, 0.25) is 0 Å². The molecule has 4 atom stereocenters. The van der Waals surface area contributed by atoms with Gasteiger partial charge in [0, 0.05) is 25.0 Å². The largest absolute Gasteiger partial charge is 0.342 e. The zero-order valence-corrected chi connectivity index (χ0v) is 12.1. The lowest BCUT2D eigenvalue weighted by atomic mass is 9.84. The normalized spacial score (nSPS) is 37.3. The van der Waals surface area contributed by atoms with Crippen LogP contribution < -0.4 is 5.32 Å². The summed E-state index contributed by atoms with van der Waals surface area (Å²) in [7, 11) is 2.03. The molecule has 4 unspecified atom stereocenters. The Kier molecular flexibility index (Phi) is 4.66. The van der Waals surface area contributed by atoms with Gasteiger partial charge in [0.15, 0.2) is 0 Å². The molecule has 0 aromatic rings. The van der Waals surface area contributed by atoms with Gasteiger partial charge in [-0.25, -0.2) is 0 Å². The molecule has 1 aliphatic heterocycles. The Labute approximate surface area is 111 Å². The molecule has 104 valence electrons. The van der Waals surface area contributed by atoms with Crippen molar-refractivity contribution < 1.29 is 4.79 Å². The van der Waals surface area contributed by atoms with Crippen LogP contribution >= 0.6 is 0 Å². The standard InChI is InChI=1S/C15H28N2O/c1-11-6-4-5-7-14(11)17(3)15(18)13-8-9-16-12(2)10-13/h11-14,16H,4-10H2,1-3H3. The fourth-order valence-electron chi connectivity index (χ4n) is 3.68. The Morgan fingerprint density at radius 3 is 2.56 bits per heavy atom. The predicted octanol–water partition coefficient (Wildman–Crippen LogP) is 2.41. The number of hydrogen-bond donors (Lipinski definition) is 1. The lowest BCUT2D eigenvalue weighted by Crippen LogP contribution is -2.48. The molecule has 3 nitrogen and oxygen atoms in total. The third-order valence-corrected chi connectivity index (χ3v) is 4.88. The maximum atomic E-state index is 12.6. The zero-order valence-electron chi connectivity index (χ0n) is 12.1. The summed E-state index contributed by atoms with van der Waals surface area (Å²) < 4.78 is 0. The number of nitrogens with one attached hydrogen (secondary N) is 1.